The molecule has 1 atom stereocenters. The van der Waals surface area contributed by atoms with Crippen molar-refractivity contribution in [1.82, 2.24) is 4.90 Å². The minimum Gasteiger partial charge on any atom is -0.389 e. The van der Waals surface area contributed by atoms with Crippen molar-refractivity contribution in [3.8, 4) is 0 Å². The van der Waals surface area contributed by atoms with Gasteiger partial charge < -0.3 is 10.0 Å². The molecule has 1 aromatic carbocycles. The normalized spacial score (nSPS) is 21.5. The lowest BCUT2D eigenvalue weighted by atomic mass is 9.99. The number of rotatable bonds is 2. The Morgan fingerprint density at radius 3 is 2.53 bits per heavy atom. The van der Waals surface area contributed by atoms with Gasteiger partial charge in [0.15, 0.2) is 0 Å². The molecule has 0 saturated carbocycles. The Morgan fingerprint density at radius 1 is 1.32 bits per heavy atom. The summed E-state index contributed by atoms with van der Waals surface area (Å²) in [6.45, 7) is 9.47. The van der Waals surface area contributed by atoms with Crippen molar-refractivity contribution < 1.29 is 5.11 Å². The van der Waals surface area contributed by atoms with Crippen LogP contribution < -0.4 is 4.90 Å². The number of likely N-dealkylation sites (N-methyl/N-ethyl adjacent to an activating group) is 1. The molecule has 1 aromatic rings. The van der Waals surface area contributed by atoms with Crippen LogP contribution in [0, 0.1) is 0 Å². The number of nitrogens with zero attached hydrogens (tertiary/aromatic N) is 2. The van der Waals surface area contributed by atoms with Gasteiger partial charge in [0.25, 0.3) is 0 Å². The summed E-state index contributed by atoms with van der Waals surface area (Å²) in [6, 6.07) is 6.23. The third kappa shape index (κ3) is 3.12. The highest BCUT2D eigenvalue weighted by atomic mass is 79.9. The Hall–Kier alpha value is -0.580. The van der Waals surface area contributed by atoms with E-state index in [-0.39, 0.29) is 5.54 Å². The van der Waals surface area contributed by atoms with Crippen LogP contribution in [0.15, 0.2) is 22.7 Å². The first-order valence-corrected chi connectivity index (χ1v) is 7.54. The van der Waals surface area contributed by atoms with Crippen LogP contribution in [-0.2, 0) is 0 Å². The summed E-state index contributed by atoms with van der Waals surface area (Å²) in [4.78, 5) is 4.82. The summed E-state index contributed by atoms with van der Waals surface area (Å²) in [7, 11) is 2.18. The number of halogens is 1. The number of hydrogen-bond donors (Lipinski definition) is 1. The van der Waals surface area contributed by atoms with Crippen LogP contribution in [-0.4, -0.2) is 42.2 Å². The zero-order valence-corrected chi connectivity index (χ0v) is 13.7. The Morgan fingerprint density at radius 2 is 2.00 bits per heavy atom. The minimum absolute atomic E-state index is 0.188. The highest BCUT2D eigenvalue weighted by Gasteiger charge is 2.31. The van der Waals surface area contributed by atoms with Crippen molar-refractivity contribution in [2.24, 2.45) is 0 Å². The highest BCUT2D eigenvalue weighted by Crippen LogP contribution is 2.30. The Balaban J connectivity index is 2.21. The molecule has 2 rings (SSSR count). The van der Waals surface area contributed by atoms with Crippen LogP contribution in [0.2, 0.25) is 0 Å². The molecule has 4 heteroatoms. The third-order valence-electron chi connectivity index (χ3n) is 4.12. The molecular formula is C15H23BrN2O. The van der Waals surface area contributed by atoms with Crippen LogP contribution in [0.5, 0.6) is 0 Å². The maximum atomic E-state index is 9.67. The monoisotopic (exact) mass is 326 g/mol. The van der Waals surface area contributed by atoms with Gasteiger partial charge in [-0.15, -0.1) is 0 Å². The fourth-order valence-electron chi connectivity index (χ4n) is 2.51. The lowest BCUT2D eigenvalue weighted by molar-refractivity contribution is 0.139. The molecule has 0 amide bonds. The topological polar surface area (TPSA) is 26.7 Å². The van der Waals surface area contributed by atoms with Crippen molar-refractivity contribution in [2.75, 3.05) is 31.6 Å². The van der Waals surface area contributed by atoms with Gasteiger partial charge in [-0.25, -0.2) is 0 Å². The highest BCUT2D eigenvalue weighted by molar-refractivity contribution is 9.10. The Bertz CT molecular complexity index is 459. The summed E-state index contributed by atoms with van der Waals surface area (Å²) in [5.41, 5.74) is 2.35. The molecule has 1 aliphatic rings. The molecule has 0 spiro atoms. The molecule has 1 heterocycles. The Kier molecular flexibility index (Phi) is 4.23. The first-order valence-electron chi connectivity index (χ1n) is 6.75. The summed E-state index contributed by atoms with van der Waals surface area (Å²) < 4.78 is 0.983. The number of hydrogen-bond acceptors (Lipinski definition) is 3. The predicted octanol–water partition coefficient (Wildman–Crippen LogP) is 3.03. The number of anilines is 1. The van der Waals surface area contributed by atoms with Crippen LogP contribution in [0.1, 0.15) is 32.4 Å². The molecule has 1 saturated heterocycles. The first-order chi connectivity index (χ1) is 8.81. The lowest BCUT2D eigenvalue weighted by Crippen LogP contribution is -2.57. The molecule has 0 aliphatic carbocycles. The SMILES string of the molecule is CC(O)c1ccc(N2CCN(C)C(C)(C)C2)cc1Br. The zero-order chi connectivity index (χ0) is 14.2. The van der Waals surface area contributed by atoms with Gasteiger partial charge in [-0.2, -0.15) is 0 Å². The first kappa shape index (κ1) is 14.8. The molecular weight excluding hydrogens is 304 g/mol. The van der Waals surface area contributed by atoms with E-state index in [9.17, 15) is 5.11 Å². The molecule has 1 aliphatic heterocycles. The van der Waals surface area contributed by atoms with Gasteiger partial charge in [-0.1, -0.05) is 22.0 Å². The van der Waals surface area contributed by atoms with E-state index in [1.807, 2.05) is 6.07 Å². The average Bonchev–Trinajstić information content (AvgIpc) is 2.32. The van der Waals surface area contributed by atoms with E-state index in [2.05, 4.69) is 58.8 Å². The van der Waals surface area contributed by atoms with Crippen LogP contribution in [0.25, 0.3) is 0 Å². The number of aliphatic hydroxyl groups is 1. The predicted molar refractivity (Wildman–Crippen MR) is 83.7 cm³/mol. The third-order valence-corrected chi connectivity index (χ3v) is 4.80. The maximum Gasteiger partial charge on any atom is 0.0772 e. The molecule has 0 aromatic heterocycles. The van der Waals surface area contributed by atoms with Crippen LogP contribution >= 0.6 is 15.9 Å². The minimum atomic E-state index is -0.438. The van der Waals surface area contributed by atoms with Crippen molar-refractivity contribution >= 4 is 21.6 Å². The molecule has 1 unspecified atom stereocenters. The molecule has 0 radical (unpaired) electrons. The van der Waals surface area contributed by atoms with Crippen molar-refractivity contribution in [3.05, 3.63) is 28.2 Å². The lowest BCUT2D eigenvalue weighted by Gasteiger charge is -2.46. The van der Waals surface area contributed by atoms with Gasteiger partial charge in [0.05, 0.1) is 6.10 Å². The van der Waals surface area contributed by atoms with Gasteiger partial charge in [-0.05, 0) is 45.5 Å². The van der Waals surface area contributed by atoms with Crippen molar-refractivity contribution in [2.45, 2.75) is 32.4 Å². The van der Waals surface area contributed by atoms with E-state index in [0.29, 0.717) is 0 Å². The molecule has 3 nitrogen and oxygen atoms in total. The molecule has 1 N–H and O–H groups in total. The number of benzene rings is 1. The largest absolute Gasteiger partial charge is 0.389 e. The quantitative estimate of drug-likeness (QED) is 0.904. The van der Waals surface area contributed by atoms with Crippen molar-refractivity contribution in [1.29, 1.82) is 0 Å². The fraction of sp³-hybridized carbons (Fsp3) is 0.600. The van der Waals surface area contributed by atoms with E-state index in [0.717, 1.165) is 29.7 Å². The smallest absolute Gasteiger partial charge is 0.0772 e. The molecule has 19 heavy (non-hydrogen) atoms. The molecule has 1 fully saturated rings. The van der Waals surface area contributed by atoms with Gasteiger partial charge in [0, 0.05) is 35.3 Å². The standard InChI is InChI=1S/C15H23BrN2O/c1-11(19)13-6-5-12(9-14(13)16)18-8-7-17(4)15(2,3)10-18/h5-6,9,11,19H,7-8,10H2,1-4H3. The van der Waals surface area contributed by atoms with E-state index in [1.54, 1.807) is 6.92 Å². The number of piperazine rings is 1. The Labute approximate surface area is 124 Å². The average molecular weight is 327 g/mol. The number of aliphatic hydroxyl groups excluding tert-OH is 1. The van der Waals surface area contributed by atoms with E-state index in [4.69, 9.17) is 0 Å². The van der Waals surface area contributed by atoms with Gasteiger partial charge in [0.1, 0.15) is 0 Å². The second kappa shape index (κ2) is 5.43. The van der Waals surface area contributed by atoms with Crippen LogP contribution in [0.4, 0.5) is 5.69 Å². The van der Waals surface area contributed by atoms with Crippen molar-refractivity contribution in [3.63, 3.8) is 0 Å². The molecule has 0 bridgehead atoms. The van der Waals surface area contributed by atoms with E-state index >= 15 is 0 Å². The fourth-order valence-corrected chi connectivity index (χ4v) is 3.21. The summed E-state index contributed by atoms with van der Waals surface area (Å²) in [5, 5.41) is 9.67. The van der Waals surface area contributed by atoms with Gasteiger partial charge >= 0.3 is 0 Å². The summed E-state index contributed by atoms with van der Waals surface area (Å²) in [6.07, 6.45) is -0.438. The van der Waals surface area contributed by atoms with Gasteiger partial charge in [-0.3, -0.25) is 4.90 Å². The second-order valence-electron chi connectivity index (χ2n) is 6.04. The van der Waals surface area contributed by atoms with E-state index < -0.39 is 6.10 Å². The second-order valence-corrected chi connectivity index (χ2v) is 6.89. The maximum absolute atomic E-state index is 9.67. The van der Waals surface area contributed by atoms with Crippen LogP contribution in [0.3, 0.4) is 0 Å². The van der Waals surface area contributed by atoms with Gasteiger partial charge in [0.2, 0.25) is 0 Å². The van der Waals surface area contributed by atoms with E-state index in [1.165, 1.54) is 5.69 Å². The molecule has 106 valence electrons. The summed E-state index contributed by atoms with van der Waals surface area (Å²) in [5.74, 6) is 0. The summed E-state index contributed by atoms with van der Waals surface area (Å²) >= 11 is 3.56. The zero-order valence-electron chi connectivity index (χ0n) is 12.2.